The number of carbonyl (C=O) groups excluding carboxylic acids is 2. The van der Waals surface area contributed by atoms with Crippen molar-refractivity contribution in [1.29, 1.82) is 0 Å². The molecule has 6 heteroatoms. The SMILES string of the molecule is CCC(OC(=O)c1cccnc1)C(=O)Nc1ccccc1Cl. The summed E-state index contributed by atoms with van der Waals surface area (Å²) in [6.07, 6.45) is 2.39. The number of benzene rings is 1. The Labute approximate surface area is 133 Å². The summed E-state index contributed by atoms with van der Waals surface area (Å²) in [5.41, 5.74) is 0.775. The van der Waals surface area contributed by atoms with Crippen LogP contribution in [0.3, 0.4) is 0 Å². The van der Waals surface area contributed by atoms with E-state index >= 15 is 0 Å². The zero-order valence-electron chi connectivity index (χ0n) is 12.0. The minimum absolute atomic E-state index is 0.298. The van der Waals surface area contributed by atoms with E-state index in [4.69, 9.17) is 16.3 Å². The first-order valence-corrected chi connectivity index (χ1v) is 7.16. The maximum Gasteiger partial charge on any atom is 0.340 e. The minimum Gasteiger partial charge on any atom is -0.449 e. The zero-order valence-corrected chi connectivity index (χ0v) is 12.7. The Bertz CT molecular complexity index is 661. The molecular weight excluding hydrogens is 304 g/mol. The normalized spacial score (nSPS) is 11.5. The molecule has 22 heavy (non-hydrogen) atoms. The van der Waals surface area contributed by atoms with Crippen LogP contribution in [0.2, 0.25) is 5.02 Å². The van der Waals surface area contributed by atoms with Crippen LogP contribution in [0, 0.1) is 0 Å². The van der Waals surface area contributed by atoms with E-state index in [1.165, 1.54) is 6.20 Å². The van der Waals surface area contributed by atoms with E-state index in [9.17, 15) is 9.59 Å². The van der Waals surface area contributed by atoms with Gasteiger partial charge in [-0.2, -0.15) is 0 Å². The second-order valence-corrected chi connectivity index (χ2v) is 4.92. The van der Waals surface area contributed by atoms with E-state index in [0.717, 1.165) is 0 Å². The summed E-state index contributed by atoms with van der Waals surface area (Å²) in [6, 6.07) is 10.1. The van der Waals surface area contributed by atoms with Gasteiger partial charge < -0.3 is 10.1 Å². The van der Waals surface area contributed by atoms with Crippen LogP contribution in [0.15, 0.2) is 48.8 Å². The molecule has 0 radical (unpaired) electrons. The molecule has 1 atom stereocenters. The van der Waals surface area contributed by atoms with E-state index in [1.54, 1.807) is 49.5 Å². The zero-order chi connectivity index (χ0) is 15.9. The third-order valence-corrected chi connectivity index (χ3v) is 3.27. The first-order valence-electron chi connectivity index (χ1n) is 6.78. The van der Waals surface area contributed by atoms with Gasteiger partial charge in [-0.3, -0.25) is 9.78 Å². The van der Waals surface area contributed by atoms with Crippen molar-refractivity contribution in [2.24, 2.45) is 0 Å². The molecule has 5 nitrogen and oxygen atoms in total. The largest absolute Gasteiger partial charge is 0.449 e. The van der Waals surface area contributed by atoms with Crippen molar-refractivity contribution in [2.75, 3.05) is 5.32 Å². The highest BCUT2D eigenvalue weighted by Gasteiger charge is 2.22. The summed E-state index contributed by atoms with van der Waals surface area (Å²) < 4.78 is 5.23. The summed E-state index contributed by atoms with van der Waals surface area (Å²) >= 11 is 5.99. The lowest BCUT2D eigenvalue weighted by molar-refractivity contribution is -0.124. The summed E-state index contributed by atoms with van der Waals surface area (Å²) in [4.78, 5) is 28.0. The molecule has 0 aliphatic heterocycles. The van der Waals surface area contributed by atoms with Crippen molar-refractivity contribution >= 4 is 29.2 Å². The van der Waals surface area contributed by atoms with Crippen LogP contribution in [-0.2, 0) is 9.53 Å². The van der Waals surface area contributed by atoms with E-state index in [0.29, 0.717) is 22.7 Å². The van der Waals surface area contributed by atoms with Crippen LogP contribution in [0.4, 0.5) is 5.69 Å². The number of rotatable bonds is 5. The van der Waals surface area contributed by atoms with Crippen LogP contribution in [0.1, 0.15) is 23.7 Å². The number of hydrogen-bond acceptors (Lipinski definition) is 4. The van der Waals surface area contributed by atoms with E-state index in [2.05, 4.69) is 10.3 Å². The standard InChI is InChI=1S/C16H15ClN2O3/c1-2-14(22-16(21)11-6-5-9-18-10-11)15(20)19-13-8-4-3-7-12(13)17/h3-10,14H,2H2,1H3,(H,19,20). The van der Waals surface area contributed by atoms with Gasteiger partial charge >= 0.3 is 5.97 Å². The van der Waals surface area contributed by atoms with Gasteiger partial charge in [0.15, 0.2) is 6.10 Å². The molecule has 0 saturated carbocycles. The molecular formula is C16H15ClN2O3. The third kappa shape index (κ3) is 4.05. The monoisotopic (exact) mass is 318 g/mol. The number of nitrogens with one attached hydrogen (secondary N) is 1. The predicted molar refractivity (Wildman–Crippen MR) is 83.8 cm³/mol. The van der Waals surface area contributed by atoms with Crippen molar-refractivity contribution < 1.29 is 14.3 Å². The fourth-order valence-corrected chi connectivity index (χ4v) is 1.96. The van der Waals surface area contributed by atoms with E-state index in [-0.39, 0.29) is 0 Å². The van der Waals surface area contributed by atoms with Crippen molar-refractivity contribution in [2.45, 2.75) is 19.4 Å². The van der Waals surface area contributed by atoms with Crippen LogP contribution in [-0.4, -0.2) is 23.0 Å². The molecule has 1 N–H and O–H groups in total. The van der Waals surface area contributed by atoms with Gasteiger partial charge in [0.25, 0.3) is 5.91 Å². The quantitative estimate of drug-likeness (QED) is 0.859. The molecule has 1 heterocycles. The van der Waals surface area contributed by atoms with Gasteiger partial charge in [-0.1, -0.05) is 30.7 Å². The van der Waals surface area contributed by atoms with Crippen LogP contribution >= 0.6 is 11.6 Å². The maximum atomic E-state index is 12.2. The molecule has 2 rings (SSSR count). The van der Waals surface area contributed by atoms with Crippen LogP contribution in [0.5, 0.6) is 0 Å². The number of esters is 1. The topological polar surface area (TPSA) is 68.3 Å². The molecule has 0 aliphatic rings. The molecule has 114 valence electrons. The second kappa shape index (κ2) is 7.56. The summed E-state index contributed by atoms with van der Waals surface area (Å²) in [6.45, 7) is 1.76. The van der Waals surface area contributed by atoms with Crippen LogP contribution < -0.4 is 5.32 Å². The van der Waals surface area contributed by atoms with E-state index in [1.807, 2.05) is 0 Å². The minimum atomic E-state index is -0.899. The lowest BCUT2D eigenvalue weighted by Gasteiger charge is -2.16. The van der Waals surface area contributed by atoms with Crippen molar-refractivity contribution in [1.82, 2.24) is 4.98 Å². The third-order valence-electron chi connectivity index (χ3n) is 2.94. The Morgan fingerprint density at radius 1 is 1.27 bits per heavy atom. The number of aromatic nitrogens is 1. The molecule has 1 amide bonds. The Balaban J connectivity index is 2.03. The first-order chi connectivity index (χ1) is 10.6. The molecule has 0 bridgehead atoms. The number of para-hydroxylation sites is 1. The average molecular weight is 319 g/mol. The van der Waals surface area contributed by atoms with E-state index < -0.39 is 18.0 Å². The molecule has 0 spiro atoms. The molecule has 1 unspecified atom stereocenters. The summed E-state index contributed by atoms with van der Waals surface area (Å²) in [7, 11) is 0. The Morgan fingerprint density at radius 2 is 2.05 bits per heavy atom. The molecule has 0 saturated heterocycles. The summed E-state index contributed by atoms with van der Waals surface area (Å²) in [5.74, 6) is -1.01. The highest BCUT2D eigenvalue weighted by Crippen LogP contribution is 2.21. The number of anilines is 1. The lowest BCUT2D eigenvalue weighted by Crippen LogP contribution is -2.32. The number of ether oxygens (including phenoxy) is 1. The highest BCUT2D eigenvalue weighted by atomic mass is 35.5. The van der Waals surface area contributed by atoms with Crippen molar-refractivity contribution in [3.63, 3.8) is 0 Å². The van der Waals surface area contributed by atoms with Gasteiger partial charge in [0, 0.05) is 12.4 Å². The summed E-state index contributed by atoms with van der Waals surface area (Å²) in [5, 5.41) is 3.07. The number of amides is 1. The number of hydrogen-bond donors (Lipinski definition) is 1. The average Bonchev–Trinajstić information content (AvgIpc) is 2.55. The highest BCUT2D eigenvalue weighted by molar-refractivity contribution is 6.33. The Kier molecular flexibility index (Phi) is 5.49. The van der Waals surface area contributed by atoms with Crippen LogP contribution in [0.25, 0.3) is 0 Å². The number of carbonyl (C=O) groups is 2. The van der Waals surface area contributed by atoms with Gasteiger partial charge in [0.1, 0.15) is 0 Å². The van der Waals surface area contributed by atoms with Gasteiger partial charge in [-0.25, -0.2) is 4.79 Å². The van der Waals surface area contributed by atoms with Gasteiger partial charge in [-0.15, -0.1) is 0 Å². The maximum absolute atomic E-state index is 12.2. The number of nitrogens with zero attached hydrogens (tertiary/aromatic N) is 1. The predicted octanol–water partition coefficient (Wildman–Crippen LogP) is 3.31. The number of pyridine rings is 1. The molecule has 1 aromatic carbocycles. The first kappa shape index (κ1) is 16.0. The second-order valence-electron chi connectivity index (χ2n) is 4.51. The fraction of sp³-hybridized carbons (Fsp3) is 0.188. The van der Waals surface area contributed by atoms with Gasteiger partial charge in [-0.05, 0) is 30.7 Å². The van der Waals surface area contributed by atoms with Crippen molar-refractivity contribution in [3.05, 3.63) is 59.4 Å². The van der Waals surface area contributed by atoms with Gasteiger partial charge in [0.05, 0.1) is 16.3 Å². The molecule has 0 fully saturated rings. The smallest absolute Gasteiger partial charge is 0.340 e. The molecule has 0 aliphatic carbocycles. The Morgan fingerprint density at radius 3 is 2.68 bits per heavy atom. The molecule has 2 aromatic rings. The Hall–Kier alpha value is -2.40. The fourth-order valence-electron chi connectivity index (χ4n) is 1.78. The number of halogens is 1. The molecule has 1 aromatic heterocycles. The van der Waals surface area contributed by atoms with Gasteiger partial charge in [0.2, 0.25) is 0 Å². The lowest BCUT2D eigenvalue weighted by atomic mass is 10.2. The van der Waals surface area contributed by atoms with Crippen molar-refractivity contribution in [3.8, 4) is 0 Å².